The molecule has 2 N–H and O–H groups in total. The van der Waals surface area contributed by atoms with Crippen LogP contribution in [-0.2, 0) is 6.54 Å². The molecule has 0 radical (unpaired) electrons. The fraction of sp³-hybridized carbons (Fsp3) is 0.467. The second-order valence-electron chi connectivity index (χ2n) is 4.98. The lowest BCUT2D eigenvalue weighted by Crippen LogP contribution is -2.07. The molecule has 0 aliphatic carbocycles. The van der Waals surface area contributed by atoms with E-state index in [1.54, 1.807) is 0 Å². The molecule has 2 nitrogen and oxygen atoms in total. The molecule has 92 valence electrons. The number of nitrogens with zero attached hydrogens (tertiary/aromatic N) is 1. The Morgan fingerprint density at radius 1 is 1.12 bits per heavy atom. The Morgan fingerprint density at radius 3 is 2.47 bits per heavy atom. The molecule has 1 aromatic carbocycles. The van der Waals surface area contributed by atoms with Crippen LogP contribution in [0.15, 0.2) is 12.1 Å². The largest absolute Gasteiger partial charge is 0.344 e. The van der Waals surface area contributed by atoms with Gasteiger partial charge in [0, 0.05) is 17.6 Å². The van der Waals surface area contributed by atoms with Gasteiger partial charge in [-0.3, -0.25) is 0 Å². The van der Waals surface area contributed by atoms with Crippen LogP contribution in [-0.4, -0.2) is 11.1 Å². The number of aromatic nitrogens is 1. The van der Waals surface area contributed by atoms with Crippen molar-refractivity contribution in [3.05, 3.63) is 34.5 Å². The first kappa shape index (κ1) is 12.2. The average Bonchev–Trinajstić information content (AvgIpc) is 2.51. The molecule has 0 saturated heterocycles. The maximum Gasteiger partial charge on any atom is 0.0515 e. The summed E-state index contributed by atoms with van der Waals surface area (Å²) in [6.45, 7) is 10.6. The van der Waals surface area contributed by atoms with Crippen LogP contribution in [0.25, 0.3) is 10.9 Å². The molecule has 17 heavy (non-hydrogen) atoms. The van der Waals surface area contributed by atoms with Crippen molar-refractivity contribution in [3.8, 4) is 0 Å². The van der Waals surface area contributed by atoms with Gasteiger partial charge >= 0.3 is 0 Å². The molecular weight excluding hydrogens is 208 g/mol. The van der Waals surface area contributed by atoms with Gasteiger partial charge in [0.2, 0.25) is 0 Å². The number of hydrogen-bond donors (Lipinski definition) is 1. The highest BCUT2D eigenvalue weighted by Crippen LogP contribution is 2.29. The summed E-state index contributed by atoms with van der Waals surface area (Å²) in [4.78, 5) is 0. The lowest BCUT2D eigenvalue weighted by Gasteiger charge is -2.09. The van der Waals surface area contributed by atoms with E-state index in [4.69, 9.17) is 5.73 Å². The molecule has 1 aromatic heterocycles. The third-order valence-corrected chi connectivity index (χ3v) is 3.65. The highest BCUT2D eigenvalue weighted by atomic mass is 15.0. The monoisotopic (exact) mass is 230 g/mol. The topological polar surface area (TPSA) is 30.9 Å². The van der Waals surface area contributed by atoms with E-state index in [1.165, 1.54) is 33.3 Å². The van der Waals surface area contributed by atoms with E-state index in [-0.39, 0.29) is 0 Å². The minimum atomic E-state index is 0.753. The van der Waals surface area contributed by atoms with E-state index in [2.05, 4.69) is 44.4 Å². The first-order valence-electron chi connectivity index (χ1n) is 6.33. The van der Waals surface area contributed by atoms with E-state index in [9.17, 15) is 0 Å². The Balaban J connectivity index is 2.70. The summed E-state index contributed by atoms with van der Waals surface area (Å²) in [5, 5.41) is 1.40. The Morgan fingerprint density at radius 2 is 1.82 bits per heavy atom. The molecule has 0 saturated carbocycles. The minimum Gasteiger partial charge on any atom is -0.344 e. The molecule has 0 amide bonds. The molecule has 0 fully saturated rings. The van der Waals surface area contributed by atoms with Crippen molar-refractivity contribution < 1.29 is 0 Å². The third kappa shape index (κ3) is 1.98. The van der Waals surface area contributed by atoms with Crippen molar-refractivity contribution in [2.24, 2.45) is 5.73 Å². The van der Waals surface area contributed by atoms with Crippen LogP contribution in [0.1, 0.15) is 28.8 Å². The maximum atomic E-state index is 5.63. The summed E-state index contributed by atoms with van der Waals surface area (Å²) in [7, 11) is 0. The van der Waals surface area contributed by atoms with Crippen molar-refractivity contribution in [1.82, 2.24) is 4.57 Å². The van der Waals surface area contributed by atoms with Gasteiger partial charge in [-0.25, -0.2) is 0 Å². The van der Waals surface area contributed by atoms with Crippen molar-refractivity contribution in [3.63, 3.8) is 0 Å². The first-order chi connectivity index (χ1) is 8.06. The van der Waals surface area contributed by atoms with Gasteiger partial charge < -0.3 is 10.3 Å². The number of benzene rings is 1. The molecule has 1 heterocycles. The van der Waals surface area contributed by atoms with E-state index >= 15 is 0 Å². The van der Waals surface area contributed by atoms with Crippen molar-refractivity contribution in [2.75, 3.05) is 6.54 Å². The van der Waals surface area contributed by atoms with Gasteiger partial charge in [-0.05, 0) is 57.9 Å². The quantitative estimate of drug-likeness (QED) is 0.862. The lowest BCUT2D eigenvalue weighted by molar-refractivity contribution is 0.654. The summed E-state index contributed by atoms with van der Waals surface area (Å²) in [6, 6.07) is 4.56. The van der Waals surface area contributed by atoms with Crippen LogP contribution in [0.2, 0.25) is 0 Å². The normalized spacial score (nSPS) is 11.4. The summed E-state index contributed by atoms with van der Waals surface area (Å²) < 4.78 is 2.42. The van der Waals surface area contributed by atoms with Crippen molar-refractivity contribution >= 4 is 10.9 Å². The lowest BCUT2D eigenvalue weighted by atomic mass is 10.1. The van der Waals surface area contributed by atoms with Crippen LogP contribution in [0, 0.1) is 27.7 Å². The molecular formula is C15H22N2. The van der Waals surface area contributed by atoms with Crippen molar-refractivity contribution in [2.45, 2.75) is 40.7 Å². The number of nitrogens with two attached hydrogens (primary N) is 1. The molecule has 0 aliphatic rings. The zero-order chi connectivity index (χ0) is 12.6. The van der Waals surface area contributed by atoms with Gasteiger partial charge in [0.15, 0.2) is 0 Å². The second kappa shape index (κ2) is 4.53. The minimum absolute atomic E-state index is 0.753. The Kier molecular flexibility index (Phi) is 3.25. The van der Waals surface area contributed by atoms with Crippen LogP contribution in [0.3, 0.4) is 0 Å². The van der Waals surface area contributed by atoms with E-state index in [1.807, 2.05) is 0 Å². The van der Waals surface area contributed by atoms with Crippen molar-refractivity contribution in [1.29, 1.82) is 0 Å². The summed E-state index contributed by atoms with van der Waals surface area (Å²) in [5.41, 5.74) is 12.5. The van der Waals surface area contributed by atoms with Gasteiger partial charge in [-0.1, -0.05) is 11.6 Å². The number of fused-ring (bicyclic) bond motifs is 1. The summed E-state index contributed by atoms with van der Waals surface area (Å²) in [6.07, 6.45) is 1.04. The van der Waals surface area contributed by atoms with Crippen LogP contribution >= 0.6 is 0 Å². The van der Waals surface area contributed by atoms with Crippen LogP contribution in [0.4, 0.5) is 0 Å². The Hall–Kier alpha value is -1.28. The standard InChI is InChI=1S/C15H22N2/c1-10-8-11(2)15-14(9-10)12(3)13(4)17(15)7-5-6-16/h8-9H,5-7,16H2,1-4H3. The van der Waals surface area contributed by atoms with E-state index in [0.717, 1.165) is 19.5 Å². The molecule has 2 heteroatoms. The molecule has 2 rings (SSSR count). The molecule has 0 atom stereocenters. The Labute approximate surface area is 103 Å². The van der Waals surface area contributed by atoms with Gasteiger partial charge in [0.25, 0.3) is 0 Å². The highest BCUT2D eigenvalue weighted by Gasteiger charge is 2.12. The zero-order valence-electron chi connectivity index (χ0n) is 11.3. The van der Waals surface area contributed by atoms with Gasteiger partial charge in [0.1, 0.15) is 0 Å². The van der Waals surface area contributed by atoms with Gasteiger partial charge in [-0.15, -0.1) is 0 Å². The Bertz CT molecular complexity index is 550. The van der Waals surface area contributed by atoms with Crippen LogP contribution in [0.5, 0.6) is 0 Å². The SMILES string of the molecule is Cc1cc(C)c2c(c1)c(C)c(C)n2CCCN. The number of rotatable bonds is 3. The first-order valence-corrected chi connectivity index (χ1v) is 6.33. The second-order valence-corrected chi connectivity index (χ2v) is 4.98. The van der Waals surface area contributed by atoms with E-state index in [0.29, 0.717) is 0 Å². The molecule has 0 spiro atoms. The fourth-order valence-corrected chi connectivity index (χ4v) is 2.70. The van der Waals surface area contributed by atoms with E-state index < -0.39 is 0 Å². The molecule has 2 aromatic rings. The predicted molar refractivity (Wildman–Crippen MR) is 74.6 cm³/mol. The maximum absolute atomic E-state index is 5.63. The summed E-state index contributed by atoms with van der Waals surface area (Å²) in [5.74, 6) is 0. The fourth-order valence-electron chi connectivity index (χ4n) is 2.70. The summed E-state index contributed by atoms with van der Waals surface area (Å²) >= 11 is 0. The van der Waals surface area contributed by atoms with Gasteiger partial charge in [-0.2, -0.15) is 0 Å². The molecule has 0 aliphatic heterocycles. The third-order valence-electron chi connectivity index (χ3n) is 3.65. The molecule has 0 unspecified atom stereocenters. The smallest absolute Gasteiger partial charge is 0.0515 e. The van der Waals surface area contributed by atoms with Crippen LogP contribution < -0.4 is 5.73 Å². The van der Waals surface area contributed by atoms with Gasteiger partial charge in [0.05, 0.1) is 5.52 Å². The average molecular weight is 230 g/mol. The predicted octanol–water partition coefficient (Wildman–Crippen LogP) is 3.22. The zero-order valence-corrected chi connectivity index (χ0v) is 11.3. The highest BCUT2D eigenvalue weighted by molar-refractivity contribution is 5.88. The number of hydrogen-bond acceptors (Lipinski definition) is 1. The number of aryl methyl sites for hydroxylation is 4. The molecule has 0 bridgehead atoms.